The van der Waals surface area contributed by atoms with E-state index < -0.39 is 146 Å². The molecule has 67 heavy (non-hydrogen) atoms. The third kappa shape index (κ3) is 8.10. The molecule has 0 amide bonds. The Hall–Kier alpha value is -1.47. The predicted molar refractivity (Wildman–Crippen MR) is 232 cm³/mol. The number of fused-ring (bicyclic) bond motifs is 7. The Morgan fingerprint density at radius 2 is 1.15 bits per heavy atom. The standard InChI is InChI=1S/C48H78O19/c1-43(2)12-14-48(42(60)61)15-13-46(6)21(22(48)16-43)8-9-28-45(5)17-23(52)38(44(3,4)27(45)10-11-47(28,46)7)67-41-37(66-40-34(58)32(56)30(54)25(19-50)63-40)35(59)36(26(20-51)64-41)65-39-33(57)31(55)29(53)24(18-49)62-39/h8,22-41,49-59H,9-20H2,1-7H3,(H,60,61)/t22-,23-,24+,25+,26+,27-,28+,29+,30+,31-,32-,33+,34+,35-,36+,37+,38-,39-,40-,41-,45-,46+,47+,48-/m0/s1. The molecule has 5 aliphatic carbocycles. The van der Waals surface area contributed by atoms with Crippen molar-refractivity contribution in [2.75, 3.05) is 19.8 Å². The minimum Gasteiger partial charge on any atom is -0.481 e. The molecule has 19 heteroatoms. The van der Waals surface area contributed by atoms with Gasteiger partial charge in [0.25, 0.3) is 0 Å². The van der Waals surface area contributed by atoms with Crippen LogP contribution in [0, 0.1) is 50.2 Å². The summed E-state index contributed by atoms with van der Waals surface area (Å²) in [5.41, 5.74) is -1.18. The number of rotatable bonds is 10. The van der Waals surface area contributed by atoms with Gasteiger partial charge < -0.3 is 89.7 Å². The molecule has 12 N–H and O–H groups in total. The second-order valence-corrected chi connectivity index (χ2v) is 23.6. The number of aliphatic carboxylic acids is 1. The van der Waals surface area contributed by atoms with E-state index in [0.29, 0.717) is 19.3 Å². The van der Waals surface area contributed by atoms with Crippen molar-refractivity contribution in [3.05, 3.63) is 11.6 Å². The molecule has 384 valence electrons. The van der Waals surface area contributed by atoms with Gasteiger partial charge in [-0.3, -0.25) is 4.79 Å². The van der Waals surface area contributed by atoms with Crippen LogP contribution in [0.5, 0.6) is 0 Å². The first-order valence-electron chi connectivity index (χ1n) is 24.4. The van der Waals surface area contributed by atoms with E-state index in [0.717, 1.165) is 38.5 Å². The SMILES string of the molecule is CC1(C)CC[C@]2(C(=O)O)CC[C@]3(C)C(=CC[C@@H]4[C@@]5(C)C[C@H](O)[C@H](O[C@@H]6O[C@H](CO)[C@@H](O[C@@H]7O[C@H](CO)[C@@H](O)[C@H](O)[C@H]7O)[C@H](O)[C@H]6O[C@@H]6O[C@H](CO)[C@@H](O)[C@H](O)[C@H]6O)C(C)(C)[C@@H]5CC[C@]43C)[C@@H]2C1. The summed E-state index contributed by atoms with van der Waals surface area (Å²) in [5.74, 6) is -0.671. The van der Waals surface area contributed by atoms with E-state index >= 15 is 0 Å². The summed E-state index contributed by atoms with van der Waals surface area (Å²) in [6.45, 7) is 13.1. The molecular weight excluding hydrogens is 881 g/mol. The highest BCUT2D eigenvalue weighted by molar-refractivity contribution is 5.76. The van der Waals surface area contributed by atoms with Crippen molar-refractivity contribution >= 4 is 5.97 Å². The van der Waals surface area contributed by atoms with E-state index in [1.54, 1.807) is 0 Å². The molecule has 0 spiro atoms. The van der Waals surface area contributed by atoms with E-state index in [-0.39, 0.29) is 34.0 Å². The van der Waals surface area contributed by atoms with Gasteiger partial charge in [0.15, 0.2) is 18.9 Å². The van der Waals surface area contributed by atoms with Crippen LogP contribution in [0.4, 0.5) is 0 Å². The van der Waals surface area contributed by atoms with E-state index in [9.17, 15) is 66.1 Å². The molecule has 4 saturated carbocycles. The van der Waals surface area contributed by atoms with Gasteiger partial charge >= 0.3 is 5.97 Å². The molecule has 0 aromatic carbocycles. The van der Waals surface area contributed by atoms with Crippen LogP contribution in [0.1, 0.15) is 106 Å². The van der Waals surface area contributed by atoms with Gasteiger partial charge in [0, 0.05) is 0 Å². The number of allylic oxidation sites excluding steroid dienone is 2. The van der Waals surface area contributed by atoms with Crippen LogP contribution in [0.25, 0.3) is 0 Å². The lowest BCUT2D eigenvalue weighted by Crippen LogP contribution is -2.69. The van der Waals surface area contributed by atoms with Crippen molar-refractivity contribution < 1.29 is 94.5 Å². The molecular formula is C48H78O19. The lowest BCUT2D eigenvalue weighted by atomic mass is 9.33. The molecule has 0 unspecified atom stereocenters. The molecule has 19 nitrogen and oxygen atoms in total. The molecule has 3 saturated heterocycles. The van der Waals surface area contributed by atoms with Crippen LogP contribution < -0.4 is 0 Å². The summed E-state index contributed by atoms with van der Waals surface area (Å²) >= 11 is 0. The van der Waals surface area contributed by atoms with Crippen molar-refractivity contribution in [1.82, 2.24) is 0 Å². The van der Waals surface area contributed by atoms with Gasteiger partial charge in [-0.25, -0.2) is 0 Å². The predicted octanol–water partition coefficient (Wildman–Crippen LogP) is -0.323. The molecule has 8 rings (SSSR count). The summed E-state index contributed by atoms with van der Waals surface area (Å²) < 4.78 is 36.4. The number of carboxylic acid groups (broad SMARTS) is 1. The summed E-state index contributed by atoms with van der Waals surface area (Å²) in [6.07, 6.45) is -19.2. The van der Waals surface area contributed by atoms with E-state index in [2.05, 4.69) is 40.7 Å². The monoisotopic (exact) mass is 959 g/mol. The molecule has 3 heterocycles. The summed E-state index contributed by atoms with van der Waals surface area (Å²) in [5, 5.41) is 130. The maximum atomic E-state index is 13.2. The average molecular weight is 959 g/mol. The van der Waals surface area contributed by atoms with Crippen molar-refractivity contribution in [2.45, 2.75) is 211 Å². The zero-order chi connectivity index (χ0) is 49.1. The van der Waals surface area contributed by atoms with Gasteiger partial charge in [-0.1, -0.05) is 60.1 Å². The zero-order valence-corrected chi connectivity index (χ0v) is 39.8. The summed E-state index contributed by atoms with van der Waals surface area (Å²) in [4.78, 5) is 13.2. The maximum Gasteiger partial charge on any atom is 0.310 e. The largest absolute Gasteiger partial charge is 0.481 e. The van der Waals surface area contributed by atoms with Crippen LogP contribution >= 0.6 is 0 Å². The third-order valence-corrected chi connectivity index (χ3v) is 19.3. The lowest BCUT2D eigenvalue weighted by Gasteiger charge is -2.71. The van der Waals surface area contributed by atoms with Crippen LogP contribution in [0.3, 0.4) is 0 Å². The molecule has 3 aliphatic heterocycles. The Bertz CT molecular complexity index is 1830. The van der Waals surface area contributed by atoms with Gasteiger partial charge in [0.05, 0.1) is 37.4 Å². The molecule has 0 radical (unpaired) electrons. The zero-order valence-electron chi connectivity index (χ0n) is 39.8. The van der Waals surface area contributed by atoms with Crippen molar-refractivity contribution in [1.29, 1.82) is 0 Å². The molecule has 0 bridgehead atoms. The number of hydrogen-bond donors (Lipinski definition) is 12. The number of carboxylic acids is 1. The number of hydrogen-bond acceptors (Lipinski definition) is 18. The van der Waals surface area contributed by atoms with Crippen LogP contribution in [-0.2, 0) is 33.2 Å². The minimum atomic E-state index is -1.93. The van der Waals surface area contributed by atoms with E-state index in [1.165, 1.54) is 5.57 Å². The quantitative estimate of drug-likeness (QED) is 0.0986. The average Bonchev–Trinajstić information content (AvgIpc) is 3.26. The van der Waals surface area contributed by atoms with Crippen LogP contribution in [0.15, 0.2) is 11.6 Å². The summed E-state index contributed by atoms with van der Waals surface area (Å²) in [7, 11) is 0. The second-order valence-electron chi connectivity index (χ2n) is 23.6. The Balaban J connectivity index is 1.09. The maximum absolute atomic E-state index is 13.2. The number of ether oxygens (including phenoxy) is 6. The van der Waals surface area contributed by atoms with E-state index in [1.807, 2.05) is 13.8 Å². The minimum absolute atomic E-state index is 0.0169. The van der Waals surface area contributed by atoms with Crippen LogP contribution in [0.2, 0.25) is 0 Å². The van der Waals surface area contributed by atoms with Gasteiger partial charge in [-0.2, -0.15) is 0 Å². The molecule has 24 atom stereocenters. The lowest BCUT2D eigenvalue weighted by molar-refractivity contribution is -0.398. The van der Waals surface area contributed by atoms with Crippen LogP contribution in [-0.4, -0.2) is 191 Å². The molecule has 7 fully saturated rings. The topological polar surface area (TPSA) is 315 Å². The van der Waals surface area contributed by atoms with Crippen molar-refractivity contribution in [3.8, 4) is 0 Å². The molecule has 0 aromatic heterocycles. The van der Waals surface area contributed by atoms with Crippen molar-refractivity contribution in [2.24, 2.45) is 50.2 Å². The Morgan fingerprint density at radius 1 is 0.612 bits per heavy atom. The molecule has 0 aromatic rings. The van der Waals surface area contributed by atoms with Gasteiger partial charge in [0.1, 0.15) is 73.2 Å². The number of carbonyl (C=O) groups is 1. The normalized spacial score (nSPS) is 53.9. The Kier molecular flexibility index (Phi) is 14.1. The highest BCUT2D eigenvalue weighted by Crippen LogP contribution is 2.76. The molecule has 8 aliphatic rings. The van der Waals surface area contributed by atoms with Gasteiger partial charge in [-0.15, -0.1) is 0 Å². The first-order chi connectivity index (χ1) is 31.3. The second kappa shape index (κ2) is 18.2. The Labute approximate surface area is 392 Å². The number of aliphatic hydroxyl groups is 11. The first-order valence-corrected chi connectivity index (χ1v) is 24.4. The van der Waals surface area contributed by atoms with Gasteiger partial charge in [-0.05, 0) is 103 Å². The Morgan fingerprint density at radius 3 is 1.70 bits per heavy atom. The third-order valence-electron chi connectivity index (χ3n) is 19.3. The van der Waals surface area contributed by atoms with Crippen molar-refractivity contribution in [3.63, 3.8) is 0 Å². The summed E-state index contributed by atoms with van der Waals surface area (Å²) in [6, 6.07) is 0. The highest BCUT2D eigenvalue weighted by Gasteiger charge is 2.71. The smallest absolute Gasteiger partial charge is 0.310 e. The fourth-order valence-electron chi connectivity index (χ4n) is 15.3. The number of aliphatic hydroxyl groups excluding tert-OH is 11. The van der Waals surface area contributed by atoms with E-state index in [4.69, 9.17) is 28.4 Å². The fraction of sp³-hybridized carbons (Fsp3) is 0.938. The van der Waals surface area contributed by atoms with Gasteiger partial charge in [0.2, 0.25) is 0 Å². The highest BCUT2D eigenvalue weighted by atomic mass is 16.8. The fourth-order valence-corrected chi connectivity index (χ4v) is 15.3. The first kappa shape index (κ1) is 51.9.